The molecule has 0 radical (unpaired) electrons. The molecule has 0 unspecified atom stereocenters. The highest BCUT2D eigenvalue weighted by molar-refractivity contribution is 7.17. The molecule has 0 aliphatic rings. The highest BCUT2D eigenvalue weighted by atomic mass is 32.1. The van der Waals surface area contributed by atoms with Gasteiger partial charge in [-0.2, -0.15) is 0 Å². The van der Waals surface area contributed by atoms with Crippen molar-refractivity contribution in [3.8, 4) is 28.3 Å². The van der Waals surface area contributed by atoms with Gasteiger partial charge < -0.3 is 4.74 Å². The average molecular weight is 362 g/mol. The number of benzene rings is 2. The molecule has 130 valence electrons. The number of aldehydes is 1. The number of aromatic nitrogens is 2. The average Bonchev–Trinajstić information content (AvgIpc) is 3.24. The third-order valence-corrected chi connectivity index (χ3v) is 5.61. The number of carbonyl (C=O) groups is 1. The zero-order chi connectivity index (χ0) is 18.1. The summed E-state index contributed by atoms with van der Waals surface area (Å²) in [6.45, 7) is 2.12. The zero-order valence-electron chi connectivity index (χ0n) is 14.6. The second-order valence-electron chi connectivity index (χ2n) is 5.90. The molecule has 0 aliphatic carbocycles. The molecule has 0 bridgehead atoms. The van der Waals surface area contributed by atoms with Crippen LogP contribution in [0.1, 0.15) is 22.3 Å². The Balaban J connectivity index is 1.99. The highest BCUT2D eigenvalue weighted by Crippen LogP contribution is 2.36. The minimum atomic E-state index is 0.591. The Labute approximate surface area is 155 Å². The van der Waals surface area contributed by atoms with E-state index in [0.29, 0.717) is 5.69 Å². The van der Waals surface area contributed by atoms with Crippen LogP contribution in [-0.2, 0) is 6.42 Å². The van der Waals surface area contributed by atoms with Gasteiger partial charge >= 0.3 is 0 Å². The molecule has 0 amide bonds. The van der Waals surface area contributed by atoms with E-state index in [1.54, 1.807) is 18.4 Å². The maximum atomic E-state index is 12.0. The largest absolute Gasteiger partial charge is 0.497 e. The van der Waals surface area contributed by atoms with Crippen LogP contribution in [0.4, 0.5) is 0 Å². The number of hydrogen-bond acceptors (Lipinski definition) is 4. The lowest BCUT2D eigenvalue weighted by Gasteiger charge is -2.07. The Morgan fingerprint density at radius 3 is 2.42 bits per heavy atom. The summed E-state index contributed by atoms with van der Waals surface area (Å²) < 4.78 is 7.25. The van der Waals surface area contributed by atoms with Crippen LogP contribution < -0.4 is 4.74 Å². The number of rotatable bonds is 5. The van der Waals surface area contributed by atoms with Crippen molar-refractivity contribution in [3.63, 3.8) is 0 Å². The van der Waals surface area contributed by atoms with Gasteiger partial charge in [0.25, 0.3) is 0 Å². The van der Waals surface area contributed by atoms with Gasteiger partial charge in [-0.05, 0) is 36.2 Å². The van der Waals surface area contributed by atoms with Crippen LogP contribution in [0, 0.1) is 0 Å². The number of imidazole rings is 1. The Morgan fingerprint density at radius 2 is 1.81 bits per heavy atom. The maximum Gasteiger partial charge on any atom is 0.195 e. The smallest absolute Gasteiger partial charge is 0.195 e. The number of nitrogens with zero attached hydrogens (tertiary/aromatic N) is 2. The number of hydrogen-bond donors (Lipinski definition) is 0. The van der Waals surface area contributed by atoms with Crippen molar-refractivity contribution in [1.29, 1.82) is 0 Å². The normalized spacial score (nSPS) is 11.0. The molecule has 5 heteroatoms. The first kappa shape index (κ1) is 16.5. The molecule has 0 spiro atoms. The van der Waals surface area contributed by atoms with E-state index < -0.39 is 0 Å². The predicted molar refractivity (Wildman–Crippen MR) is 105 cm³/mol. The molecule has 0 fully saturated rings. The van der Waals surface area contributed by atoms with Gasteiger partial charge in [0.15, 0.2) is 11.2 Å². The van der Waals surface area contributed by atoms with Crippen LogP contribution in [0.5, 0.6) is 5.75 Å². The molecule has 4 nitrogen and oxygen atoms in total. The minimum absolute atomic E-state index is 0.591. The Hall–Kier alpha value is -2.92. The predicted octanol–water partition coefficient (Wildman–Crippen LogP) is 5.11. The summed E-state index contributed by atoms with van der Waals surface area (Å²) in [5.74, 6) is 0.810. The minimum Gasteiger partial charge on any atom is -0.497 e. The van der Waals surface area contributed by atoms with Crippen molar-refractivity contribution >= 4 is 22.6 Å². The first-order valence-corrected chi connectivity index (χ1v) is 9.27. The van der Waals surface area contributed by atoms with Crippen molar-refractivity contribution in [2.24, 2.45) is 0 Å². The molecule has 4 aromatic rings. The summed E-state index contributed by atoms with van der Waals surface area (Å²) in [4.78, 5) is 18.8. The van der Waals surface area contributed by atoms with E-state index in [0.717, 1.165) is 45.9 Å². The van der Waals surface area contributed by atoms with E-state index in [9.17, 15) is 4.79 Å². The summed E-state index contributed by atoms with van der Waals surface area (Å²) in [5.41, 5.74) is 4.35. The van der Waals surface area contributed by atoms with Crippen molar-refractivity contribution in [2.45, 2.75) is 13.3 Å². The third kappa shape index (κ3) is 2.61. The Bertz CT molecular complexity index is 1060. The van der Waals surface area contributed by atoms with Crippen molar-refractivity contribution in [3.05, 3.63) is 65.2 Å². The molecular formula is C21H18N2O2S. The van der Waals surface area contributed by atoms with Crippen LogP contribution in [0.15, 0.2) is 54.6 Å². The van der Waals surface area contributed by atoms with E-state index >= 15 is 0 Å². The van der Waals surface area contributed by atoms with Gasteiger partial charge in [0.05, 0.1) is 12.8 Å². The SMILES string of the molecule is CCc1sc2nc(-c3ccccc3)c(C=O)n2c1-c1ccc(OC)cc1. The highest BCUT2D eigenvalue weighted by Gasteiger charge is 2.21. The first-order chi connectivity index (χ1) is 12.8. The van der Waals surface area contributed by atoms with Crippen molar-refractivity contribution in [2.75, 3.05) is 7.11 Å². The third-order valence-electron chi connectivity index (χ3n) is 4.43. The molecule has 0 saturated heterocycles. The summed E-state index contributed by atoms with van der Waals surface area (Å²) in [6, 6.07) is 17.8. The van der Waals surface area contributed by atoms with Gasteiger partial charge in [-0.3, -0.25) is 9.20 Å². The van der Waals surface area contributed by atoms with E-state index in [1.807, 2.05) is 59.0 Å². The number of thiazole rings is 1. The number of ether oxygens (including phenoxy) is 1. The number of methoxy groups -OCH3 is 1. The summed E-state index contributed by atoms with van der Waals surface area (Å²) >= 11 is 1.64. The first-order valence-electron chi connectivity index (χ1n) is 8.46. The van der Waals surface area contributed by atoms with Gasteiger partial charge in [0, 0.05) is 10.4 Å². The Morgan fingerprint density at radius 1 is 1.08 bits per heavy atom. The molecule has 0 saturated carbocycles. The van der Waals surface area contributed by atoms with E-state index in [-0.39, 0.29) is 0 Å². The molecule has 26 heavy (non-hydrogen) atoms. The second kappa shape index (κ2) is 6.77. The lowest BCUT2D eigenvalue weighted by molar-refractivity contribution is 0.111. The van der Waals surface area contributed by atoms with Crippen molar-refractivity contribution < 1.29 is 9.53 Å². The van der Waals surface area contributed by atoms with Crippen LogP contribution in [0.3, 0.4) is 0 Å². The van der Waals surface area contributed by atoms with Gasteiger partial charge in [0.1, 0.15) is 17.1 Å². The maximum absolute atomic E-state index is 12.0. The fourth-order valence-electron chi connectivity index (χ4n) is 3.18. The lowest BCUT2D eigenvalue weighted by atomic mass is 10.1. The molecule has 2 heterocycles. The van der Waals surface area contributed by atoms with E-state index in [1.165, 1.54) is 4.88 Å². The van der Waals surface area contributed by atoms with Gasteiger partial charge in [-0.25, -0.2) is 4.98 Å². The van der Waals surface area contributed by atoms with Crippen LogP contribution in [0.2, 0.25) is 0 Å². The topological polar surface area (TPSA) is 43.6 Å². The fourth-order valence-corrected chi connectivity index (χ4v) is 4.26. The van der Waals surface area contributed by atoms with Crippen LogP contribution in [-0.4, -0.2) is 22.8 Å². The van der Waals surface area contributed by atoms with E-state index in [4.69, 9.17) is 9.72 Å². The summed E-state index contributed by atoms with van der Waals surface area (Å²) in [7, 11) is 1.65. The van der Waals surface area contributed by atoms with Crippen molar-refractivity contribution in [1.82, 2.24) is 9.38 Å². The number of carbonyl (C=O) groups excluding carboxylic acids is 1. The standard InChI is InChI=1S/C21H18N2O2S/c1-3-18-20(15-9-11-16(25-2)12-10-15)23-17(13-24)19(22-21(23)26-18)14-7-5-4-6-8-14/h4-13H,3H2,1-2H3. The van der Waals surface area contributed by atoms with E-state index in [2.05, 4.69) is 6.92 Å². The van der Waals surface area contributed by atoms with Gasteiger partial charge in [-0.15, -0.1) is 11.3 Å². The molecule has 0 N–H and O–H groups in total. The van der Waals surface area contributed by atoms with Crippen LogP contribution in [0.25, 0.3) is 27.5 Å². The quantitative estimate of drug-likeness (QED) is 0.463. The van der Waals surface area contributed by atoms with Gasteiger partial charge in [-0.1, -0.05) is 37.3 Å². The molecule has 0 atom stereocenters. The lowest BCUT2D eigenvalue weighted by Crippen LogP contribution is -1.96. The second-order valence-corrected chi connectivity index (χ2v) is 6.97. The zero-order valence-corrected chi connectivity index (χ0v) is 15.4. The molecule has 2 aromatic heterocycles. The summed E-state index contributed by atoms with van der Waals surface area (Å²) in [6.07, 6.45) is 1.79. The number of aryl methyl sites for hydroxylation is 1. The molecule has 2 aromatic carbocycles. The molecule has 4 rings (SSSR count). The van der Waals surface area contributed by atoms with Gasteiger partial charge in [0.2, 0.25) is 0 Å². The number of fused-ring (bicyclic) bond motifs is 1. The summed E-state index contributed by atoms with van der Waals surface area (Å²) in [5, 5.41) is 0. The molecule has 0 aliphatic heterocycles. The Kier molecular flexibility index (Phi) is 4.31. The van der Waals surface area contributed by atoms with Crippen LogP contribution >= 0.6 is 11.3 Å². The molecular weight excluding hydrogens is 344 g/mol. The monoisotopic (exact) mass is 362 g/mol. The fraction of sp³-hybridized carbons (Fsp3) is 0.143.